The number of likely N-dealkylation sites (tertiary alicyclic amines) is 1. The minimum Gasteiger partial charge on any atom is -0.395 e. The van der Waals surface area contributed by atoms with E-state index in [4.69, 9.17) is 0 Å². The molecule has 2 atom stereocenters. The Morgan fingerprint density at radius 1 is 1.21 bits per heavy atom. The van der Waals surface area contributed by atoms with Crippen LogP contribution in [-0.2, 0) is 0 Å². The van der Waals surface area contributed by atoms with Gasteiger partial charge in [-0.3, -0.25) is 4.90 Å². The summed E-state index contributed by atoms with van der Waals surface area (Å²) in [4.78, 5) is 2.54. The summed E-state index contributed by atoms with van der Waals surface area (Å²) in [6, 6.07) is 1.12. The zero-order valence-electron chi connectivity index (χ0n) is 8.91. The smallest absolute Gasteiger partial charge is 0.0586 e. The first-order valence-electron chi connectivity index (χ1n) is 5.99. The first-order chi connectivity index (χ1) is 6.92. The van der Waals surface area contributed by atoms with E-state index in [-0.39, 0.29) is 0 Å². The number of hydrogen-bond acceptors (Lipinski definition) is 3. The van der Waals surface area contributed by atoms with Crippen LogP contribution in [0.4, 0.5) is 0 Å². The first kappa shape index (κ1) is 10.4. The molecule has 0 aromatic heterocycles. The molecule has 2 fully saturated rings. The highest BCUT2D eigenvalue weighted by molar-refractivity contribution is 4.85. The van der Waals surface area contributed by atoms with Gasteiger partial charge < -0.3 is 10.4 Å². The number of nitrogens with zero attached hydrogens (tertiary/aromatic N) is 1. The van der Waals surface area contributed by atoms with Crippen LogP contribution in [0, 0.1) is 0 Å². The topological polar surface area (TPSA) is 35.5 Å². The molecule has 2 saturated heterocycles. The molecule has 2 N–H and O–H groups in total. The average molecular weight is 198 g/mol. The molecule has 0 radical (unpaired) electrons. The molecule has 3 heteroatoms. The van der Waals surface area contributed by atoms with Crippen molar-refractivity contribution in [3.05, 3.63) is 0 Å². The zero-order valence-corrected chi connectivity index (χ0v) is 8.91. The first-order valence-corrected chi connectivity index (χ1v) is 5.99. The number of aliphatic hydroxyl groups excluding tert-OH is 1. The Kier molecular flexibility index (Phi) is 3.79. The van der Waals surface area contributed by atoms with E-state index >= 15 is 0 Å². The minimum absolute atomic E-state index is 0.344. The Bertz CT molecular complexity index is 169. The molecule has 0 saturated carbocycles. The Balaban J connectivity index is 1.91. The van der Waals surface area contributed by atoms with E-state index in [2.05, 4.69) is 10.2 Å². The van der Waals surface area contributed by atoms with Crippen LogP contribution >= 0.6 is 0 Å². The monoisotopic (exact) mass is 198 g/mol. The second-order valence-corrected chi connectivity index (χ2v) is 4.57. The summed E-state index contributed by atoms with van der Waals surface area (Å²) in [5, 5.41) is 12.8. The van der Waals surface area contributed by atoms with Gasteiger partial charge in [-0.05, 0) is 38.8 Å². The van der Waals surface area contributed by atoms with Gasteiger partial charge in [0.1, 0.15) is 0 Å². The number of aliphatic hydroxyl groups is 1. The van der Waals surface area contributed by atoms with Crippen molar-refractivity contribution in [1.29, 1.82) is 0 Å². The highest BCUT2D eigenvalue weighted by Crippen LogP contribution is 2.22. The van der Waals surface area contributed by atoms with Gasteiger partial charge >= 0.3 is 0 Å². The lowest BCUT2D eigenvalue weighted by atomic mass is 9.97. The molecule has 0 spiro atoms. The molecule has 82 valence electrons. The second-order valence-electron chi connectivity index (χ2n) is 4.57. The fraction of sp³-hybridized carbons (Fsp3) is 1.00. The Labute approximate surface area is 86.5 Å². The molecule has 2 aliphatic rings. The van der Waals surface area contributed by atoms with Gasteiger partial charge in [-0.25, -0.2) is 0 Å². The molecule has 0 aromatic rings. The van der Waals surface area contributed by atoms with E-state index in [0.29, 0.717) is 18.7 Å². The normalized spacial score (nSPS) is 35.8. The van der Waals surface area contributed by atoms with E-state index in [1.54, 1.807) is 0 Å². The molecule has 2 unspecified atom stereocenters. The van der Waals surface area contributed by atoms with Crippen LogP contribution in [0.15, 0.2) is 0 Å². The molecule has 0 amide bonds. The van der Waals surface area contributed by atoms with Crippen LogP contribution in [0.2, 0.25) is 0 Å². The van der Waals surface area contributed by atoms with Crippen molar-refractivity contribution in [3.8, 4) is 0 Å². The van der Waals surface area contributed by atoms with E-state index in [1.165, 1.54) is 45.2 Å². The lowest BCUT2D eigenvalue weighted by Gasteiger charge is -2.42. The van der Waals surface area contributed by atoms with Crippen molar-refractivity contribution >= 4 is 0 Å². The van der Waals surface area contributed by atoms with E-state index in [9.17, 15) is 5.11 Å². The highest BCUT2D eigenvalue weighted by Gasteiger charge is 2.28. The fourth-order valence-corrected chi connectivity index (χ4v) is 2.82. The van der Waals surface area contributed by atoms with Crippen LogP contribution in [0.3, 0.4) is 0 Å². The predicted molar refractivity (Wildman–Crippen MR) is 57.3 cm³/mol. The summed E-state index contributed by atoms with van der Waals surface area (Å²) >= 11 is 0. The van der Waals surface area contributed by atoms with Crippen LogP contribution in [0.5, 0.6) is 0 Å². The second kappa shape index (κ2) is 5.10. The van der Waals surface area contributed by atoms with Gasteiger partial charge in [0.2, 0.25) is 0 Å². The van der Waals surface area contributed by atoms with E-state index in [0.717, 1.165) is 6.54 Å². The third-order valence-electron chi connectivity index (χ3n) is 3.62. The van der Waals surface area contributed by atoms with Crippen molar-refractivity contribution < 1.29 is 5.11 Å². The van der Waals surface area contributed by atoms with Gasteiger partial charge in [-0.15, -0.1) is 0 Å². The molecule has 2 rings (SSSR count). The minimum atomic E-state index is 0.344. The largest absolute Gasteiger partial charge is 0.395 e. The maximum absolute atomic E-state index is 9.33. The molecule has 2 aliphatic heterocycles. The standard InChI is InChI=1S/C11H22N2O/c14-9-11-4-1-2-7-13(11)10-5-3-6-12-8-10/h10-12,14H,1-9H2. The van der Waals surface area contributed by atoms with Gasteiger partial charge in [-0.2, -0.15) is 0 Å². The molecule has 0 aliphatic carbocycles. The number of piperidine rings is 2. The number of hydrogen-bond donors (Lipinski definition) is 2. The van der Waals surface area contributed by atoms with Crippen LogP contribution in [0.25, 0.3) is 0 Å². The molecule has 2 heterocycles. The number of nitrogens with one attached hydrogen (secondary N) is 1. The maximum atomic E-state index is 9.33. The van der Waals surface area contributed by atoms with Crippen LogP contribution < -0.4 is 5.32 Å². The molecular weight excluding hydrogens is 176 g/mol. The Morgan fingerprint density at radius 2 is 2.14 bits per heavy atom. The van der Waals surface area contributed by atoms with Crippen molar-refractivity contribution in [2.75, 3.05) is 26.2 Å². The van der Waals surface area contributed by atoms with E-state index < -0.39 is 0 Å². The predicted octanol–water partition coefficient (Wildman–Crippen LogP) is 0.585. The highest BCUT2D eigenvalue weighted by atomic mass is 16.3. The van der Waals surface area contributed by atoms with Crippen molar-refractivity contribution in [1.82, 2.24) is 10.2 Å². The van der Waals surface area contributed by atoms with Gasteiger partial charge in [0.15, 0.2) is 0 Å². The quantitative estimate of drug-likeness (QED) is 0.681. The van der Waals surface area contributed by atoms with Crippen molar-refractivity contribution in [2.24, 2.45) is 0 Å². The molecule has 0 aromatic carbocycles. The Morgan fingerprint density at radius 3 is 2.86 bits per heavy atom. The van der Waals surface area contributed by atoms with Gasteiger partial charge in [0, 0.05) is 18.6 Å². The lowest BCUT2D eigenvalue weighted by molar-refractivity contribution is 0.0434. The van der Waals surface area contributed by atoms with Crippen molar-refractivity contribution in [3.63, 3.8) is 0 Å². The summed E-state index contributed by atoms with van der Waals surface area (Å²) in [7, 11) is 0. The lowest BCUT2D eigenvalue weighted by Crippen LogP contribution is -2.53. The molecule has 3 nitrogen and oxygen atoms in total. The summed E-state index contributed by atoms with van der Waals surface area (Å²) < 4.78 is 0. The summed E-state index contributed by atoms with van der Waals surface area (Å²) in [6.45, 7) is 3.83. The molecule has 0 bridgehead atoms. The van der Waals surface area contributed by atoms with Gasteiger partial charge in [0.25, 0.3) is 0 Å². The fourth-order valence-electron chi connectivity index (χ4n) is 2.82. The Hall–Kier alpha value is -0.120. The van der Waals surface area contributed by atoms with E-state index in [1.807, 2.05) is 0 Å². The third-order valence-corrected chi connectivity index (χ3v) is 3.62. The molecule has 14 heavy (non-hydrogen) atoms. The summed E-state index contributed by atoms with van der Waals surface area (Å²) in [6.07, 6.45) is 6.39. The van der Waals surface area contributed by atoms with Crippen molar-refractivity contribution in [2.45, 2.75) is 44.2 Å². The summed E-state index contributed by atoms with van der Waals surface area (Å²) in [5.74, 6) is 0. The SMILES string of the molecule is OCC1CCCCN1C1CCCNC1. The number of rotatable bonds is 2. The van der Waals surface area contributed by atoms with Crippen LogP contribution in [-0.4, -0.2) is 48.3 Å². The third kappa shape index (κ3) is 2.27. The van der Waals surface area contributed by atoms with Gasteiger partial charge in [0.05, 0.1) is 6.61 Å². The van der Waals surface area contributed by atoms with Crippen LogP contribution in [0.1, 0.15) is 32.1 Å². The molecular formula is C11H22N2O. The van der Waals surface area contributed by atoms with Gasteiger partial charge in [-0.1, -0.05) is 6.42 Å². The zero-order chi connectivity index (χ0) is 9.80. The summed E-state index contributed by atoms with van der Waals surface area (Å²) in [5.41, 5.74) is 0. The maximum Gasteiger partial charge on any atom is 0.0586 e. The average Bonchev–Trinajstić information content (AvgIpc) is 2.30.